The molecule has 3 N–H and O–H groups in total. The molecule has 2 heterocycles. The van der Waals surface area contributed by atoms with Crippen LogP contribution < -0.4 is 14.9 Å². The van der Waals surface area contributed by atoms with Gasteiger partial charge >= 0.3 is 0 Å². The molecule has 0 saturated carbocycles. The largest absolute Gasteiger partial charge is 0.493 e. The van der Waals surface area contributed by atoms with Crippen molar-refractivity contribution in [2.45, 2.75) is 6.73 Å². The number of anilines is 1. The van der Waals surface area contributed by atoms with Crippen LogP contribution in [0.5, 0.6) is 11.5 Å². The van der Waals surface area contributed by atoms with Gasteiger partial charge in [-0.05, 0) is 42.0 Å². The van der Waals surface area contributed by atoms with E-state index in [2.05, 4.69) is 30.8 Å². The molecule has 0 atom stereocenters. The lowest BCUT2D eigenvalue weighted by molar-refractivity contribution is 0.211. The summed E-state index contributed by atoms with van der Waals surface area (Å²) in [6, 6.07) is 7.31. The van der Waals surface area contributed by atoms with Crippen LogP contribution in [0, 0.1) is 4.77 Å². The van der Waals surface area contributed by atoms with E-state index in [-0.39, 0.29) is 6.73 Å². The van der Waals surface area contributed by atoms with Gasteiger partial charge in [0.05, 0.1) is 13.3 Å². The average Bonchev–Trinajstić information content (AvgIpc) is 3.25. The number of aromatic amines is 2. The topological polar surface area (TPSA) is 105 Å². The maximum atomic E-state index is 5.74. The number of hydrazone groups is 1. The molecule has 0 amide bonds. The maximum Gasteiger partial charge on any atom is 0.238 e. The molecule has 24 heavy (non-hydrogen) atoms. The number of hydrogen-bond donors (Lipinski definition) is 3. The molecule has 0 spiro atoms. The Morgan fingerprint density at radius 2 is 2.29 bits per heavy atom. The van der Waals surface area contributed by atoms with Crippen molar-refractivity contribution >= 4 is 24.4 Å². The van der Waals surface area contributed by atoms with Gasteiger partial charge in [-0.15, -0.1) is 0 Å². The zero-order valence-corrected chi connectivity index (χ0v) is 13.6. The van der Waals surface area contributed by atoms with E-state index in [1.54, 1.807) is 24.2 Å². The molecular weight excluding hydrogens is 330 g/mol. The van der Waals surface area contributed by atoms with Crippen molar-refractivity contribution in [3.8, 4) is 11.5 Å². The summed E-state index contributed by atoms with van der Waals surface area (Å²) in [5.74, 6) is 1.65. The van der Waals surface area contributed by atoms with E-state index in [4.69, 9.17) is 21.7 Å². The first-order valence-corrected chi connectivity index (χ1v) is 7.37. The SMILES string of the molecule is COc1ccc(/C=N\Nc2nc(=S)[nH][nH]2)cc1OCn1cccn1. The smallest absolute Gasteiger partial charge is 0.238 e. The molecule has 0 saturated heterocycles. The van der Waals surface area contributed by atoms with Crippen LogP contribution in [0.3, 0.4) is 0 Å². The Balaban J connectivity index is 1.69. The maximum absolute atomic E-state index is 5.74. The van der Waals surface area contributed by atoms with Crippen molar-refractivity contribution in [2.75, 3.05) is 12.5 Å². The van der Waals surface area contributed by atoms with Gasteiger partial charge in [0, 0.05) is 12.4 Å². The number of nitrogens with zero attached hydrogens (tertiary/aromatic N) is 4. The number of aromatic nitrogens is 5. The van der Waals surface area contributed by atoms with Crippen molar-refractivity contribution < 1.29 is 9.47 Å². The molecule has 0 unspecified atom stereocenters. The van der Waals surface area contributed by atoms with Crippen LogP contribution >= 0.6 is 12.2 Å². The minimum absolute atomic E-state index is 0.284. The fourth-order valence-corrected chi connectivity index (χ4v) is 2.03. The predicted molar refractivity (Wildman–Crippen MR) is 90.8 cm³/mol. The summed E-state index contributed by atoms with van der Waals surface area (Å²) in [6.45, 7) is 0.284. The predicted octanol–water partition coefficient (Wildman–Crippen LogP) is 2.15. The Labute approximate surface area is 142 Å². The van der Waals surface area contributed by atoms with Crippen LogP contribution in [0.2, 0.25) is 0 Å². The lowest BCUT2D eigenvalue weighted by Crippen LogP contribution is -2.06. The molecule has 3 rings (SSSR count). The van der Waals surface area contributed by atoms with E-state index in [1.165, 1.54) is 0 Å². The number of nitrogens with one attached hydrogen (secondary N) is 3. The third-order valence-electron chi connectivity index (χ3n) is 2.98. The number of H-pyrrole nitrogens is 2. The van der Waals surface area contributed by atoms with Crippen LogP contribution in [0.15, 0.2) is 41.8 Å². The molecule has 0 fully saturated rings. The zero-order chi connectivity index (χ0) is 16.8. The second kappa shape index (κ2) is 7.42. The van der Waals surface area contributed by atoms with Gasteiger partial charge in [0.15, 0.2) is 18.2 Å². The van der Waals surface area contributed by atoms with Crippen molar-refractivity contribution in [1.82, 2.24) is 25.0 Å². The number of methoxy groups -OCH3 is 1. The lowest BCUT2D eigenvalue weighted by Gasteiger charge is -2.11. The number of hydrogen-bond acceptors (Lipinski definition) is 7. The molecule has 2 aromatic heterocycles. The van der Waals surface area contributed by atoms with Gasteiger partial charge in [0.1, 0.15) is 0 Å². The second-order valence-electron chi connectivity index (χ2n) is 4.61. The first kappa shape index (κ1) is 15.7. The molecule has 0 aliphatic carbocycles. The summed E-state index contributed by atoms with van der Waals surface area (Å²) in [6.07, 6.45) is 5.14. The van der Waals surface area contributed by atoms with Crippen LogP contribution in [-0.4, -0.2) is 38.3 Å². The summed E-state index contributed by atoms with van der Waals surface area (Å²) < 4.78 is 13.1. The van der Waals surface area contributed by atoms with Gasteiger partial charge in [0.25, 0.3) is 0 Å². The fraction of sp³-hybridized carbons (Fsp3) is 0.143. The number of rotatable bonds is 7. The highest BCUT2D eigenvalue weighted by molar-refractivity contribution is 7.71. The summed E-state index contributed by atoms with van der Waals surface area (Å²) in [7, 11) is 1.59. The van der Waals surface area contributed by atoms with E-state index >= 15 is 0 Å². The Hall–Kier alpha value is -3.14. The summed E-state index contributed by atoms with van der Waals surface area (Å²) >= 11 is 4.86. The molecule has 10 heteroatoms. The molecule has 1 aromatic carbocycles. The zero-order valence-electron chi connectivity index (χ0n) is 12.8. The van der Waals surface area contributed by atoms with Crippen molar-refractivity contribution in [3.05, 3.63) is 47.0 Å². The quantitative estimate of drug-likeness (QED) is 0.344. The molecule has 3 aromatic rings. The molecule has 0 aliphatic heterocycles. The third kappa shape index (κ3) is 3.98. The van der Waals surface area contributed by atoms with E-state index in [0.29, 0.717) is 22.2 Å². The first-order valence-electron chi connectivity index (χ1n) is 6.96. The van der Waals surface area contributed by atoms with Crippen molar-refractivity contribution in [1.29, 1.82) is 0 Å². The average molecular weight is 345 g/mol. The van der Waals surface area contributed by atoms with E-state index in [1.807, 2.05) is 30.5 Å². The minimum Gasteiger partial charge on any atom is -0.493 e. The van der Waals surface area contributed by atoms with E-state index in [9.17, 15) is 0 Å². The lowest BCUT2D eigenvalue weighted by atomic mass is 10.2. The van der Waals surface area contributed by atoms with Crippen LogP contribution in [0.1, 0.15) is 5.56 Å². The van der Waals surface area contributed by atoms with Gasteiger partial charge in [0.2, 0.25) is 10.7 Å². The van der Waals surface area contributed by atoms with Gasteiger partial charge in [-0.3, -0.25) is 10.2 Å². The molecule has 0 bridgehead atoms. The van der Waals surface area contributed by atoms with Gasteiger partial charge in [-0.2, -0.15) is 15.2 Å². The molecular formula is C14H15N7O2S. The van der Waals surface area contributed by atoms with Crippen molar-refractivity contribution in [3.63, 3.8) is 0 Å². The fourth-order valence-electron chi connectivity index (χ4n) is 1.89. The van der Waals surface area contributed by atoms with Crippen LogP contribution in [0.25, 0.3) is 0 Å². The Kier molecular flexibility index (Phi) is 4.87. The highest BCUT2D eigenvalue weighted by atomic mass is 32.1. The first-order chi connectivity index (χ1) is 11.7. The summed E-state index contributed by atoms with van der Waals surface area (Å²) in [5.41, 5.74) is 3.56. The van der Waals surface area contributed by atoms with E-state index < -0.39 is 0 Å². The Morgan fingerprint density at radius 1 is 1.38 bits per heavy atom. The Morgan fingerprint density at radius 3 is 3.00 bits per heavy atom. The highest BCUT2D eigenvalue weighted by Gasteiger charge is 2.05. The Bertz CT molecular complexity index is 869. The highest BCUT2D eigenvalue weighted by Crippen LogP contribution is 2.27. The number of benzene rings is 1. The van der Waals surface area contributed by atoms with Crippen molar-refractivity contribution in [2.24, 2.45) is 5.10 Å². The standard InChI is InChI=1S/C14H15N7O2S/c1-22-11-4-3-10(8-15-18-13-17-14(24)20-19-13)7-12(11)23-9-21-6-2-5-16-21/h2-8H,9H2,1H3,(H3,17,18,19,20,24)/b15-8-. The summed E-state index contributed by atoms with van der Waals surface area (Å²) in [5, 5.41) is 13.6. The molecule has 0 aliphatic rings. The monoisotopic (exact) mass is 345 g/mol. The van der Waals surface area contributed by atoms with Gasteiger partial charge in [-0.25, -0.2) is 10.1 Å². The molecule has 9 nitrogen and oxygen atoms in total. The van der Waals surface area contributed by atoms with Crippen LogP contribution in [-0.2, 0) is 6.73 Å². The minimum atomic E-state index is 0.284. The normalized spacial score (nSPS) is 10.9. The molecule has 124 valence electrons. The van der Waals surface area contributed by atoms with Gasteiger partial charge < -0.3 is 9.47 Å². The van der Waals surface area contributed by atoms with Gasteiger partial charge in [-0.1, -0.05) is 0 Å². The third-order valence-corrected chi connectivity index (χ3v) is 3.18. The van der Waals surface area contributed by atoms with E-state index in [0.717, 1.165) is 5.56 Å². The second-order valence-corrected chi connectivity index (χ2v) is 5.00. The number of ether oxygens (including phenoxy) is 2. The molecule has 0 radical (unpaired) electrons. The summed E-state index contributed by atoms with van der Waals surface area (Å²) in [4.78, 5) is 3.97. The van der Waals surface area contributed by atoms with Crippen LogP contribution in [0.4, 0.5) is 5.95 Å².